The molecule has 0 aliphatic carbocycles. The largest absolute Gasteiger partial charge is 0.465 e. The zero-order chi connectivity index (χ0) is 14.6. The van der Waals surface area contributed by atoms with Crippen LogP contribution < -0.4 is 10.0 Å². The van der Waals surface area contributed by atoms with Gasteiger partial charge in [0.05, 0.1) is 0 Å². The summed E-state index contributed by atoms with van der Waals surface area (Å²) in [6.45, 7) is 4.94. The maximum Gasteiger partial charge on any atom is 0.244 e. The van der Waals surface area contributed by atoms with Crippen LogP contribution in [0.3, 0.4) is 0 Å². The average molecular weight is 289 g/mol. The Kier molecular flexibility index (Phi) is 5.54. The second kappa shape index (κ2) is 6.51. The van der Waals surface area contributed by atoms with Crippen LogP contribution in [0.4, 0.5) is 0 Å². The lowest BCUT2D eigenvalue weighted by atomic mass is 10.2. The van der Waals surface area contributed by atoms with Crippen LogP contribution in [-0.2, 0) is 16.6 Å². The normalized spacial score (nSPS) is 12.3. The van der Waals surface area contributed by atoms with E-state index in [1.54, 1.807) is 20.9 Å². The van der Waals surface area contributed by atoms with Gasteiger partial charge in [0.25, 0.3) is 0 Å². The van der Waals surface area contributed by atoms with Gasteiger partial charge in [-0.3, -0.25) is 0 Å². The first kappa shape index (κ1) is 16.2. The number of hydrogen-bond acceptors (Lipinski definition) is 5. The summed E-state index contributed by atoms with van der Waals surface area (Å²) in [5.74, 6) is 1.07. The Morgan fingerprint density at radius 2 is 1.84 bits per heavy atom. The highest BCUT2D eigenvalue weighted by Gasteiger charge is 2.26. The van der Waals surface area contributed by atoms with E-state index in [4.69, 9.17) is 4.42 Å². The number of likely N-dealkylation sites (N-methyl/N-ethyl adjacent to an activating group) is 1. The number of nitrogens with one attached hydrogen (secondary N) is 2. The summed E-state index contributed by atoms with van der Waals surface area (Å²) < 4.78 is 32.7. The van der Waals surface area contributed by atoms with Crippen LogP contribution in [0.5, 0.6) is 0 Å². The summed E-state index contributed by atoms with van der Waals surface area (Å²) in [5.41, 5.74) is 0.692. The van der Waals surface area contributed by atoms with Crippen molar-refractivity contribution in [1.29, 1.82) is 0 Å². The van der Waals surface area contributed by atoms with Gasteiger partial charge in [0, 0.05) is 25.2 Å². The number of furan rings is 1. The first-order valence-corrected chi connectivity index (χ1v) is 7.65. The quantitative estimate of drug-likeness (QED) is 0.762. The van der Waals surface area contributed by atoms with Crippen molar-refractivity contribution in [1.82, 2.24) is 14.9 Å². The van der Waals surface area contributed by atoms with E-state index >= 15 is 0 Å². The molecule has 0 aromatic carbocycles. The molecule has 0 aliphatic heterocycles. The summed E-state index contributed by atoms with van der Waals surface area (Å²) in [7, 11) is 2.04. The standard InChI is InChI=1S/C12H23N3O3S/c1-9-11(8-13-3)12(10(2)18-9)19(16,17)14-6-7-15(4)5/h13-14H,6-8H2,1-5H3. The number of aryl methyl sites for hydroxylation is 2. The number of rotatable bonds is 7. The molecule has 0 radical (unpaired) electrons. The molecule has 1 heterocycles. The van der Waals surface area contributed by atoms with Crippen molar-refractivity contribution in [3.05, 3.63) is 17.1 Å². The van der Waals surface area contributed by atoms with Crippen molar-refractivity contribution in [3.8, 4) is 0 Å². The van der Waals surface area contributed by atoms with E-state index in [1.165, 1.54) is 0 Å². The van der Waals surface area contributed by atoms with Crippen molar-refractivity contribution < 1.29 is 12.8 Å². The monoisotopic (exact) mass is 289 g/mol. The van der Waals surface area contributed by atoms with Gasteiger partial charge in [-0.25, -0.2) is 13.1 Å². The molecule has 0 saturated carbocycles. The van der Waals surface area contributed by atoms with Gasteiger partial charge < -0.3 is 14.6 Å². The van der Waals surface area contributed by atoms with E-state index in [-0.39, 0.29) is 4.90 Å². The van der Waals surface area contributed by atoms with E-state index in [0.717, 1.165) is 0 Å². The van der Waals surface area contributed by atoms with Crippen LogP contribution >= 0.6 is 0 Å². The smallest absolute Gasteiger partial charge is 0.244 e. The Bertz CT molecular complexity index is 521. The molecule has 110 valence electrons. The zero-order valence-corrected chi connectivity index (χ0v) is 13.0. The second-order valence-electron chi connectivity index (χ2n) is 4.75. The topological polar surface area (TPSA) is 74.6 Å². The van der Waals surface area contributed by atoms with Gasteiger partial charge >= 0.3 is 0 Å². The molecule has 6 nitrogen and oxygen atoms in total. The first-order valence-electron chi connectivity index (χ1n) is 6.17. The highest BCUT2D eigenvalue weighted by Crippen LogP contribution is 2.26. The van der Waals surface area contributed by atoms with Crippen molar-refractivity contribution in [2.75, 3.05) is 34.2 Å². The molecule has 1 aromatic heterocycles. The first-order chi connectivity index (χ1) is 8.79. The predicted octanol–water partition coefficient (Wildman–Crippen LogP) is 0.456. The third-order valence-electron chi connectivity index (χ3n) is 2.80. The van der Waals surface area contributed by atoms with Gasteiger partial charge in [0.15, 0.2) is 0 Å². The summed E-state index contributed by atoms with van der Waals surface area (Å²) >= 11 is 0. The highest BCUT2D eigenvalue weighted by atomic mass is 32.2. The van der Waals surface area contributed by atoms with E-state index in [2.05, 4.69) is 10.0 Å². The van der Waals surface area contributed by atoms with Crippen molar-refractivity contribution in [2.24, 2.45) is 0 Å². The minimum atomic E-state index is -3.53. The molecule has 0 unspecified atom stereocenters. The van der Waals surface area contributed by atoms with Crippen molar-refractivity contribution in [3.63, 3.8) is 0 Å². The third-order valence-corrected chi connectivity index (χ3v) is 4.45. The Hall–Kier alpha value is -0.890. The lowest BCUT2D eigenvalue weighted by Gasteiger charge is -2.11. The summed E-state index contributed by atoms with van der Waals surface area (Å²) in [6, 6.07) is 0. The van der Waals surface area contributed by atoms with Gasteiger partial charge in [0.2, 0.25) is 10.0 Å². The van der Waals surface area contributed by atoms with E-state index < -0.39 is 10.0 Å². The zero-order valence-electron chi connectivity index (χ0n) is 12.2. The summed E-state index contributed by atoms with van der Waals surface area (Å²) in [4.78, 5) is 2.18. The molecule has 0 atom stereocenters. The average Bonchev–Trinajstić information content (AvgIpc) is 2.54. The maximum atomic E-state index is 12.3. The van der Waals surface area contributed by atoms with Gasteiger partial charge in [-0.2, -0.15) is 0 Å². The Balaban J connectivity index is 3.00. The predicted molar refractivity (Wildman–Crippen MR) is 74.7 cm³/mol. The van der Waals surface area contributed by atoms with Gasteiger partial charge in [-0.15, -0.1) is 0 Å². The molecular weight excluding hydrogens is 266 g/mol. The van der Waals surface area contributed by atoms with Crippen LogP contribution in [0, 0.1) is 13.8 Å². The van der Waals surface area contributed by atoms with Crippen molar-refractivity contribution in [2.45, 2.75) is 25.3 Å². The lowest BCUT2D eigenvalue weighted by molar-refractivity contribution is 0.412. The highest BCUT2D eigenvalue weighted by molar-refractivity contribution is 7.89. The SMILES string of the molecule is CNCc1c(C)oc(C)c1S(=O)(=O)NCCN(C)C. The van der Waals surface area contributed by atoms with E-state index in [9.17, 15) is 8.42 Å². The fraction of sp³-hybridized carbons (Fsp3) is 0.667. The summed E-state index contributed by atoms with van der Waals surface area (Å²) in [6.07, 6.45) is 0. The molecule has 0 amide bonds. The maximum absolute atomic E-state index is 12.3. The Morgan fingerprint density at radius 3 is 2.37 bits per heavy atom. The van der Waals surface area contributed by atoms with Gasteiger partial charge in [-0.05, 0) is 35.0 Å². The molecule has 7 heteroatoms. The van der Waals surface area contributed by atoms with Crippen LogP contribution in [0.25, 0.3) is 0 Å². The number of hydrogen-bond donors (Lipinski definition) is 2. The molecule has 0 saturated heterocycles. The fourth-order valence-electron chi connectivity index (χ4n) is 1.92. The minimum absolute atomic E-state index is 0.262. The molecule has 19 heavy (non-hydrogen) atoms. The molecule has 0 fully saturated rings. The number of nitrogens with zero attached hydrogens (tertiary/aromatic N) is 1. The molecule has 1 rings (SSSR count). The van der Waals surface area contributed by atoms with Gasteiger partial charge in [0.1, 0.15) is 16.4 Å². The molecule has 1 aromatic rings. The minimum Gasteiger partial charge on any atom is -0.465 e. The Morgan fingerprint density at radius 1 is 1.21 bits per heavy atom. The van der Waals surface area contributed by atoms with Gasteiger partial charge in [-0.1, -0.05) is 0 Å². The van der Waals surface area contributed by atoms with Crippen molar-refractivity contribution >= 4 is 10.0 Å². The van der Waals surface area contributed by atoms with E-state index in [1.807, 2.05) is 19.0 Å². The molecule has 0 aliphatic rings. The molecular formula is C12H23N3O3S. The van der Waals surface area contributed by atoms with Crippen LogP contribution in [-0.4, -0.2) is 47.6 Å². The summed E-state index contributed by atoms with van der Waals surface area (Å²) in [5, 5.41) is 2.96. The van der Waals surface area contributed by atoms with Crippen LogP contribution in [0.2, 0.25) is 0 Å². The van der Waals surface area contributed by atoms with Crippen LogP contribution in [0.1, 0.15) is 17.1 Å². The second-order valence-corrected chi connectivity index (χ2v) is 6.46. The number of sulfonamides is 1. The molecule has 0 spiro atoms. The fourth-order valence-corrected chi connectivity index (χ4v) is 3.38. The molecule has 2 N–H and O–H groups in total. The Labute approximate surface area is 115 Å². The third kappa shape index (κ3) is 4.04. The lowest BCUT2D eigenvalue weighted by Crippen LogP contribution is -2.32. The van der Waals surface area contributed by atoms with E-state index in [0.29, 0.717) is 36.7 Å². The molecule has 0 bridgehead atoms. The van der Waals surface area contributed by atoms with Crippen LogP contribution in [0.15, 0.2) is 9.31 Å².